The summed E-state index contributed by atoms with van der Waals surface area (Å²) in [5.41, 5.74) is 5.38. The van der Waals surface area contributed by atoms with Crippen LogP contribution in [-0.4, -0.2) is 10.1 Å². The largest absolute Gasteiger partial charge is 0.378 e. The monoisotopic (exact) mass is 295 g/mol. The van der Waals surface area contributed by atoms with Crippen LogP contribution in [0.3, 0.4) is 0 Å². The zero-order valence-corrected chi connectivity index (χ0v) is 10.1. The second-order valence-electron chi connectivity index (χ2n) is 4.14. The molecule has 0 aliphatic heterocycles. The molecule has 0 unspecified atom stereocenters. The van der Waals surface area contributed by atoms with Crippen LogP contribution >= 0.6 is 15.9 Å². The van der Waals surface area contributed by atoms with E-state index in [0.717, 1.165) is 19.3 Å². The van der Waals surface area contributed by atoms with E-state index in [2.05, 4.69) is 30.6 Å². The molecule has 0 bridgehead atoms. The van der Waals surface area contributed by atoms with Gasteiger partial charge in [0.1, 0.15) is 0 Å². The molecular formula is C9H12BrF2N3O. The normalized spacial score (nSPS) is 21.0. The van der Waals surface area contributed by atoms with Gasteiger partial charge in [0.15, 0.2) is 5.82 Å². The number of nitrogens with zero attached hydrogens (tertiary/aromatic N) is 2. The summed E-state index contributed by atoms with van der Waals surface area (Å²) < 4.78 is 30.2. The van der Waals surface area contributed by atoms with Gasteiger partial charge in [-0.3, -0.25) is 0 Å². The fourth-order valence-corrected chi connectivity index (χ4v) is 2.11. The van der Waals surface area contributed by atoms with Gasteiger partial charge in [-0.25, -0.2) is 0 Å². The number of alkyl halides is 3. The van der Waals surface area contributed by atoms with Crippen LogP contribution in [-0.2, 0) is 10.4 Å². The van der Waals surface area contributed by atoms with E-state index in [0.29, 0.717) is 12.8 Å². The average Bonchev–Trinajstić information content (AvgIpc) is 2.67. The molecule has 1 aliphatic carbocycles. The van der Waals surface area contributed by atoms with Crippen LogP contribution in [0.25, 0.3) is 0 Å². The molecule has 1 aliphatic rings. The molecule has 90 valence electrons. The third kappa shape index (κ3) is 2.24. The smallest absolute Gasteiger partial charge is 0.331 e. The lowest BCUT2D eigenvalue weighted by Crippen LogP contribution is -2.39. The Hall–Kier alpha value is -0.560. The molecule has 0 saturated heterocycles. The van der Waals surface area contributed by atoms with Crippen molar-refractivity contribution in [1.29, 1.82) is 0 Å². The van der Waals surface area contributed by atoms with Crippen LogP contribution in [0, 0.1) is 0 Å². The van der Waals surface area contributed by atoms with Crippen molar-refractivity contribution in [1.82, 2.24) is 10.1 Å². The maximum Gasteiger partial charge on any atom is 0.378 e. The Morgan fingerprint density at radius 2 is 1.94 bits per heavy atom. The number of rotatable bonds is 2. The van der Waals surface area contributed by atoms with Crippen LogP contribution in [0.1, 0.15) is 43.8 Å². The van der Waals surface area contributed by atoms with Crippen molar-refractivity contribution in [3.63, 3.8) is 0 Å². The zero-order valence-electron chi connectivity index (χ0n) is 8.55. The van der Waals surface area contributed by atoms with Gasteiger partial charge < -0.3 is 10.3 Å². The lowest BCUT2D eigenvalue weighted by Gasteiger charge is -2.29. The highest BCUT2D eigenvalue weighted by atomic mass is 79.9. The maximum atomic E-state index is 12.8. The number of nitrogens with two attached hydrogens (primary N) is 1. The summed E-state index contributed by atoms with van der Waals surface area (Å²) in [6.45, 7) is 0. The number of halogens is 3. The predicted octanol–water partition coefficient (Wildman–Crippen LogP) is 2.63. The number of hydrogen-bond donors (Lipinski definition) is 1. The van der Waals surface area contributed by atoms with Crippen molar-refractivity contribution < 1.29 is 13.3 Å². The van der Waals surface area contributed by atoms with E-state index in [1.54, 1.807) is 0 Å². The SMILES string of the molecule is NC1(c2noc(C(F)(F)Br)n2)CCCCC1. The van der Waals surface area contributed by atoms with E-state index in [9.17, 15) is 8.78 Å². The molecule has 1 saturated carbocycles. The Labute approximate surface area is 99.7 Å². The lowest BCUT2D eigenvalue weighted by molar-refractivity contribution is 0.0725. The number of hydrogen-bond acceptors (Lipinski definition) is 4. The molecule has 2 N–H and O–H groups in total. The van der Waals surface area contributed by atoms with Gasteiger partial charge in [0.25, 0.3) is 0 Å². The minimum absolute atomic E-state index is 0.182. The highest BCUT2D eigenvalue weighted by Crippen LogP contribution is 2.37. The topological polar surface area (TPSA) is 64.9 Å². The molecule has 1 aromatic heterocycles. The molecular weight excluding hydrogens is 284 g/mol. The van der Waals surface area contributed by atoms with Crippen molar-refractivity contribution in [2.24, 2.45) is 5.73 Å². The van der Waals surface area contributed by atoms with E-state index in [1.165, 1.54) is 0 Å². The van der Waals surface area contributed by atoms with E-state index < -0.39 is 16.3 Å². The quantitative estimate of drug-likeness (QED) is 0.852. The van der Waals surface area contributed by atoms with Crippen molar-refractivity contribution >= 4 is 15.9 Å². The first-order valence-corrected chi connectivity index (χ1v) is 5.91. The van der Waals surface area contributed by atoms with Crippen LogP contribution in [0.2, 0.25) is 0 Å². The molecule has 0 atom stereocenters. The minimum Gasteiger partial charge on any atom is -0.331 e. The van der Waals surface area contributed by atoms with Crippen molar-refractivity contribution in [3.8, 4) is 0 Å². The Morgan fingerprint density at radius 3 is 2.44 bits per heavy atom. The summed E-state index contributed by atoms with van der Waals surface area (Å²) >= 11 is 2.17. The van der Waals surface area contributed by atoms with E-state index in [4.69, 9.17) is 5.73 Å². The summed E-state index contributed by atoms with van der Waals surface area (Å²) in [4.78, 5) is 0.389. The summed E-state index contributed by atoms with van der Waals surface area (Å²) in [5, 5.41) is 3.56. The standard InChI is InChI=1S/C9H12BrF2N3O/c10-9(11,12)7-14-6(15-16-7)8(13)4-2-1-3-5-8/h1-5,13H2. The van der Waals surface area contributed by atoms with Gasteiger partial charge in [0, 0.05) is 15.9 Å². The molecule has 1 aromatic rings. The first-order valence-electron chi connectivity index (χ1n) is 5.12. The van der Waals surface area contributed by atoms with Gasteiger partial charge in [-0.15, -0.1) is 0 Å². The van der Waals surface area contributed by atoms with E-state index >= 15 is 0 Å². The molecule has 7 heteroatoms. The van der Waals surface area contributed by atoms with Crippen LogP contribution in [0.5, 0.6) is 0 Å². The third-order valence-corrected chi connectivity index (χ3v) is 3.20. The predicted molar refractivity (Wildman–Crippen MR) is 56.1 cm³/mol. The summed E-state index contributed by atoms with van der Waals surface area (Å²) in [6.07, 6.45) is 4.45. The summed E-state index contributed by atoms with van der Waals surface area (Å²) in [6, 6.07) is 0. The summed E-state index contributed by atoms with van der Waals surface area (Å²) in [5.74, 6) is -0.556. The fourth-order valence-electron chi connectivity index (χ4n) is 1.95. The Balaban J connectivity index is 2.24. The molecule has 16 heavy (non-hydrogen) atoms. The first kappa shape index (κ1) is 11.9. The minimum atomic E-state index is -3.29. The van der Waals surface area contributed by atoms with Crippen molar-refractivity contribution in [2.45, 2.75) is 42.5 Å². The van der Waals surface area contributed by atoms with Gasteiger partial charge in [-0.05, 0) is 12.8 Å². The molecule has 0 radical (unpaired) electrons. The first-order chi connectivity index (χ1) is 7.42. The molecule has 0 amide bonds. The van der Waals surface area contributed by atoms with Gasteiger partial charge in [-0.1, -0.05) is 24.4 Å². The second-order valence-corrected chi connectivity index (χ2v) is 5.13. The fraction of sp³-hybridized carbons (Fsp3) is 0.778. The Bertz CT molecular complexity index is 371. The van der Waals surface area contributed by atoms with Gasteiger partial charge in [0.2, 0.25) is 0 Å². The number of aromatic nitrogens is 2. The highest BCUT2D eigenvalue weighted by Gasteiger charge is 2.39. The van der Waals surface area contributed by atoms with Gasteiger partial charge in [-0.2, -0.15) is 13.8 Å². The second kappa shape index (κ2) is 4.03. The molecule has 0 spiro atoms. The van der Waals surface area contributed by atoms with Crippen LogP contribution < -0.4 is 5.73 Å². The van der Waals surface area contributed by atoms with Gasteiger partial charge >= 0.3 is 10.7 Å². The van der Waals surface area contributed by atoms with E-state index in [-0.39, 0.29) is 5.82 Å². The molecule has 4 nitrogen and oxygen atoms in total. The van der Waals surface area contributed by atoms with Crippen LogP contribution in [0.4, 0.5) is 8.78 Å². The summed E-state index contributed by atoms with van der Waals surface area (Å²) in [7, 11) is 0. The molecule has 0 aromatic carbocycles. The average molecular weight is 296 g/mol. The van der Waals surface area contributed by atoms with Crippen LogP contribution in [0.15, 0.2) is 4.52 Å². The molecule has 2 rings (SSSR count). The van der Waals surface area contributed by atoms with Crippen molar-refractivity contribution in [2.75, 3.05) is 0 Å². The maximum absolute atomic E-state index is 12.8. The highest BCUT2D eigenvalue weighted by molar-refractivity contribution is 9.09. The van der Waals surface area contributed by atoms with Crippen molar-refractivity contribution in [3.05, 3.63) is 11.7 Å². The zero-order chi connectivity index (χ0) is 11.8. The molecule has 1 fully saturated rings. The Morgan fingerprint density at radius 1 is 1.31 bits per heavy atom. The lowest BCUT2D eigenvalue weighted by atomic mass is 9.82. The third-order valence-electron chi connectivity index (χ3n) is 2.86. The van der Waals surface area contributed by atoms with E-state index in [1.807, 2.05) is 0 Å². The molecule has 1 heterocycles. The Kier molecular flexibility index (Phi) is 3.00. The van der Waals surface area contributed by atoms with Gasteiger partial charge in [0.05, 0.1) is 5.54 Å².